The molecule has 0 aliphatic carbocycles. The Morgan fingerprint density at radius 2 is 2.07 bits per heavy atom. The molecule has 0 unspecified atom stereocenters. The van der Waals surface area contributed by atoms with Crippen LogP contribution in [0, 0.1) is 0 Å². The summed E-state index contributed by atoms with van der Waals surface area (Å²) in [5, 5.41) is 0. The Morgan fingerprint density at radius 3 is 2.57 bits per heavy atom. The minimum atomic E-state index is -0.342. The van der Waals surface area contributed by atoms with Gasteiger partial charge in [-0.1, -0.05) is 53.9 Å². The smallest absolute Gasteiger partial charge is 0.338 e. The zero-order valence-corrected chi connectivity index (χ0v) is 12.0. The molecular weight excluding hydrogens is 381 g/mol. The molecule has 0 fully saturated rings. The maximum absolute atomic E-state index is 11.4. The lowest BCUT2D eigenvalue weighted by atomic mass is 10.1. The van der Waals surface area contributed by atoms with Crippen LogP contribution in [0.2, 0.25) is 0 Å². The second-order valence-electron chi connectivity index (χ2n) is 2.52. The zero-order valence-electron chi connectivity index (χ0n) is 7.26. The number of rotatable bonds is 2. The van der Waals surface area contributed by atoms with Gasteiger partial charge in [-0.05, 0) is 17.7 Å². The van der Waals surface area contributed by atoms with Crippen molar-refractivity contribution in [1.29, 1.82) is 0 Å². The molecule has 0 atom stereocenters. The van der Waals surface area contributed by atoms with E-state index in [9.17, 15) is 4.79 Å². The monoisotopic (exact) mass is 385 g/mol. The molecule has 0 N–H and O–H groups in total. The molecule has 76 valence electrons. The van der Waals surface area contributed by atoms with Crippen molar-refractivity contribution in [2.75, 3.05) is 7.11 Å². The van der Waals surface area contributed by atoms with Gasteiger partial charge in [0.25, 0.3) is 0 Å². The van der Waals surface area contributed by atoms with Crippen LogP contribution in [0.5, 0.6) is 0 Å². The summed E-state index contributed by atoms with van der Waals surface area (Å²) in [4.78, 5) is 11.4. The summed E-state index contributed by atoms with van der Waals surface area (Å²) >= 11 is 10.0. The zero-order chi connectivity index (χ0) is 10.7. The molecule has 0 saturated heterocycles. The van der Waals surface area contributed by atoms with Gasteiger partial charge < -0.3 is 4.74 Å². The Balaban J connectivity index is 3.22. The van der Waals surface area contributed by atoms with Crippen molar-refractivity contribution in [3.8, 4) is 0 Å². The summed E-state index contributed by atoms with van der Waals surface area (Å²) in [6.45, 7) is 0. The number of alkyl halides is 2. The maximum Gasteiger partial charge on any atom is 0.338 e. The van der Waals surface area contributed by atoms with Crippen molar-refractivity contribution in [2.45, 2.75) is 3.74 Å². The van der Waals surface area contributed by atoms with E-state index in [0.717, 1.165) is 10.0 Å². The summed E-state index contributed by atoms with van der Waals surface area (Å²) in [5.74, 6) is -0.342. The van der Waals surface area contributed by atoms with E-state index in [1.807, 2.05) is 12.1 Å². The van der Waals surface area contributed by atoms with Crippen LogP contribution in [0.15, 0.2) is 22.7 Å². The highest BCUT2D eigenvalue weighted by Gasteiger charge is 2.15. The van der Waals surface area contributed by atoms with Crippen molar-refractivity contribution >= 4 is 53.8 Å². The summed E-state index contributed by atoms with van der Waals surface area (Å²) in [6, 6.07) is 5.46. The molecule has 14 heavy (non-hydrogen) atoms. The molecule has 1 aromatic rings. The van der Waals surface area contributed by atoms with Crippen LogP contribution in [0.25, 0.3) is 0 Å². The van der Waals surface area contributed by atoms with Crippen LogP contribution in [0.3, 0.4) is 0 Å². The predicted molar refractivity (Wildman–Crippen MR) is 66.1 cm³/mol. The quantitative estimate of drug-likeness (QED) is 0.435. The van der Waals surface area contributed by atoms with E-state index in [4.69, 9.17) is 0 Å². The highest BCUT2D eigenvalue weighted by atomic mass is 79.9. The molecule has 5 heteroatoms. The second-order valence-corrected chi connectivity index (χ2v) is 6.50. The van der Waals surface area contributed by atoms with E-state index in [2.05, 4.69) is 52.5 Å². The third-order valence-electron chi connectivity index (χ3n) is 1.66. The SMILES string of the molecule is [13CH3]OC(=O)c1cc(Br)ccc1C(Br)Br. The van der Waals surface area contributed by atoms with Crippen LogP contribution in [-0.4, -0.2) is 13.1 Å². The number of methoxy groups -OCH3 is 1. The number of esters is 1. The van der Waals surface area contributed by atoms with E-state index in [-0.39, 0.29) is 9.71 Å². The minimum Gasteiger partial charge on any atom is -0.465 e. The first-order valence-corrected chi connectivity index (χ1v) is 6.34. The van der Waals surface area contributed by atoms with Gasteiger partial charge in [0.2, 0.25) is 0 Å². The van der Waals surface area contributed by atoms with Crippen LogP contribution in [-0.2, 0) is 4.74 Å². The van der Waals surface area contributed by atoms with Crippen molar-refractivity contribution in [1.82, 2.24) is 0 Å². The molecule has 0 aliphatic heterocycles. The number of halogens is 3. The third-order valence-corrected chi connectivity index (χ3v) is 3.14. The largest absolute Gasteiger partial charge is 0.465 e. The van der Waals surface area contributed by atoms with Gasteiger partial charge in [0.1, 0.15) is 0 Å². The van der Waals surface area contributed by atoms with Gasteiger partial charge in [-0.15, -0.1) is 0 Å². The van der Waals surface area contributed by atoms with Crippen LogP contribution < -0.4 is 0 Å². The normalized spacial score (nSPS) is 10.4. The van der Waals surface area contributed by atoms with E-state index in [1.54, 1.807) is 6.07 Å². The molecule has 0 bridgehead atoms. The fourth-order valence-corrected chi connectivity index (χ4v) is 2.17. The van der Waals surface area contributed by atoms with Gasteiger partial charge in [0.15, 0.2) is 0 Å². The molecule has 1 rings (SSSR count). The van der Waals surface area contributed by atoms with Crippen molar-refractivity contribution in [3.63, 3.8) is 0 Å². The lowest BCUT2D eigenvalue weighted by Crippen LogP contribution is -2.05. The van der Waals surface area contributed by atoms with Crippen molar-refractivity contribution < 1.29 is 9.53 Å². The molecule has 1 aromatic carbocycles. The predicted octanol–water partition coefficient (Wildman–Crippen LogP) is 4.02. The van der Waals surface area contributed by atoms with Crippen LogP contribution in [0.1, 0.15) is 19.7 Å². The molecule has 0 aliphatic rings. The summed E-state index contributed by atoms with van der Waals surface area (Å²) in [5.41, 5.74) is 1.39. The second kappa shape index (κ2) is 5.28. The number of benzene rings is 1. The molecule has 0 amide bonds. The molecule has 0 heterocycles. The Labute approximate surface area is 107 Å². The van der Waals surface area contributed by atoms with Crippen LogP contribution >= 0.6 is 47.8 Å². The summed E-state index contributed by atoms with van der Waals surface area (Å²) in [7, 11) is 1.37. The highest BCUT2D eigenvalue weighted by molar-refractivity contribution is 9.24. The molecule has 0 spiro atoms. The minimum absolute atomic E-state index is 0.0581. The standard InChI is InChI=1S/C9H7Br3O2/c1-14-9(13)7-4-5(10)2-3-6(7)8(11)12/h2-4,8H,1H3/i1+1. The lowest BCUT2D eigenvalue weighted by Gasteiger charge is -2.08. The summed E-state index contributed by atoms with van der Waals surface area (Å²) < 4.78 is 5.47. The first-order chi connectivity index (χ1) is 6.56. The van der Waals surface area contributed by atoms with Gasteiger partial charge in [-0.3, -0.25) is 0 Å². The molecule has 0 aromatic heterocycles. The van der Waals surface area contributed by atoms with Crippen molar-refractivity contribution in [3.05, 3.63) is 33.8 Å². The molecule has 0 saturated carbocycles. The maximum atomic E-state index is 11.4. The first-order valence-electron chi connectivity index (χ1n) is 3.72. The summed E-state index contributed by atoms with van der Waals surface area (Å²) in [6.07, 6.45) is 0. The lowest BCUT2D eigenvalue weighted by molar-refractivity contribution is 0.0599. The number of hydrogen-bond acceptors (Lipinski definition) is 2. The van der Waals surface area contributed by atoms with E-state index < -0.39 is 0 Å². The fourth-order valence-electron chi connectivity index (χ4n) is 1.01. The van der Waals surface area contributed by atoms with E-state index >= 15 is 0 Å². The van der Waals surface area contributed by atoms with Gasteiger partial charge in [0.05, 0.1) is 16.4 Å². The molecule has 0 radical (unpaired) electrons. The third kappa shape index (κ3) is 2.81. The van der Waals surface area contributed by atoms with E-state index in [1.165, 1.54) is 7.11 Å². The van der Waals surface area contributed by atoms with Gasteiger partial charge in [-0.2, -0.15) is 0 Å². The first kappa shape index (κ1) is 12.2. The van der Waals surface area contributed by atoms with Crippen LogP contribution in [0.4, 0.5) is 0 Å². The van der Waals surface area contributed by atoms with Gasteiger partial charge in [-0.25, -0.2) is 4.79 Å². The number of carbonyl (C=O) groups excluding carboxylic acids is 1. The number of ether oxygens (including phenoxy) is 1. The molecular formula is C9H7Br3O2. The molecule has 2 nitrogen and oxygen atoms in total. The number of carbonyl (C=O) groups is 1. The fraction of sp³-hybridized carbons (Fsp3) is 0.222. The Bertz CT molecular complexity index is 350. The topological polar surface area (TPSA) is 26.3 Å². The van der Waals surface area contributed by atoms with E-state index in [0.29, 0.717) is 5.56 Å². The average molecular weight is 388 g/mol. The van der Waals surface area contributed by atoms with Gasteiger partial charge in [0, 0.05) is 4.47 Å². The Kier molecular flexibility index (Phi) is 4.60. The number of hydrogen-bond donors (Lipinski definition) is 0. The van der Waals surface area contributed by atoms with Crippen molar-refractivity contribution in [2.24, 2.45) is 0 Å². The van der Waals surface area contributed by atoms with Gasteiger partial charge >= 0.3 is 5.97 Å². The Morgan fingerprint density at radius 1 is 1.43 bits per heavy atom. The average Bonchev–Trinajstić information content (AvgIpc) is 2.16. The Hall–Kier alpha value is 0.130. The highest BCUT2D eigenvalue weighted by Crippen LogP contribution is 2.33.